The second-order valence-corrected chi connectivity index (χ2v) is 10.5. The molecule has 2 saturated heterocycles. The van der Waals surface area contributed by atoms with Gasteiger partial charge in [0, 0.05) is 24.7 Å². The Labute approximate surface area is 167 Å². The predicted octanol–water partition coefficient (Wildman–Crippen LogP) is 3.10. The van der Waals surface area contributed by atoms with Gasteiger partial charge in [-0.15, -0.1) is 0 Å². The van der Waals surface area contributed by atoms with Crippen LogP contribution in [0.4, 0.5) is 0 Å². The molecule has 0 aromatic heterocycles. The van der Waals surface area contributed by atoms with Crippen LogP contribution < -0.4 is 0 Å². The van der Waals surface area contributed by atoms with Gasteiger partial charge in [-0.25, -0.2) is 8.42 Å². The van der Waals surface area contributed by atoms with Crippen molar-refractivity contribution in [2.45, 2.75) is 30.6 Å². The van der Waals surface area contributed by atoms with Crippen LogP contribution >= 0.6 is 11.6 Å². The number of hydrogen-bond acceptors (Lipinski definition) is 4. The highest BCUT2D eigenvalue weighted by molar-refractivity contribution is 7.89. The van der Waals surface area contributed by atoms with Crippen LogP contribution in [-0.4, -0.2) is 63.6 Å². The molecule has 2 heterocycles. The number of rotatable bonds is 9. The first-order valence-corrected chi connectivity index (χ1v) is 11.9. The molecule has 5 nitrogen and oxygen atoms in total. The summed E-state index contributed by atoms with van der Waals surface area (Å²) in [6.45, 7) is 6.57. The highest BCUT2D eigenvalue weighted by atomic mass is 35.5. The molecule has 1 aromatic rings. The minimum Gasteiger partial charge on any atom is -0.381 e. The molecule has 1 aliphatic carbocycles. The summed E-state index contributed by atoms with van der Waals surface area (Å²) in [5.41, 5.74) is 0. The molecule has 3 fully saturated rings. The number of fused-ring (bicyclic) bond motifs is 1. The standard InChI is InChI=1S/C20H29ClN2O3S/c21-16-6-5-7-17(12-16)27(24,25)23-13-18-19(14-23)20(18)15-26-11-4-3-10-22-8-1-2-9-22/h5-7,12,18-20H,1-4,8-11,13-15H2. The van der Waals surface area contributed by atoms with Gasteiger partial charge in [0.05, 0.1) is 11.5 Å². The lowest BCUT2D eigenvalue weighted by Gasteiger charge is -2.20. The molecule has 0 bridgehead atoms. The molecule has 0 N–H and O–H groups in total. The third-order valence-electron chi connectivity index (χ3n) is 6.29. The first-order valence-electron chi connectivity index (χ1n) is 10.1. The van der Waals surface area contributed by atoms with Gasteiger partial charge in [0.15, 0.2) is 0 Å². The van der Waals surface area contributed by atoms with Crippen molar-refractivity contribution in [3.05, 3.63) is 29.3 Å². The van der Waals surface area contributed by atoms with Crippen LogP contribution in [0.25, 0.3) is 0 Å². The smallest absolute Gasteiger partial charge is 0.243 e. The fourth-order valence-electron chi connectivity index (χ4n) is 4.60. The zero-order valence-corrected chi connectivity index (χ0v) is 17.3. The summed E-state index contributed by atoms with van der Waals surface area (Å²) < 4.78 is 33.0. The number of halogens is 1. The number of hydrogen-bond donors (Lipinski definition) is 0. The summed E-state index contributed by atoms with van der Waals surface area (Å²) >= 11 is 5.95. The minimum atomic E-state index is -3.42. The Morgan fingerprint density at radius 2 is 1.85 bits per heavy atom. The van der Waals surface area contributed by atoms with Crippen LogP contribution in [-0.2, 0) is 14.8 Å². The summed E-state index contributed by atoms with van der Waals surface area (Å²) in [7, 11) is -3.42. The Kier molecular flexibility index (Phi) is 6.09. The molecular formula is C20H29ClN2O3S. The Morgan fingerprint density at radius 1 is 1.11 bits per heavy atom. The molecule has 4 rings (SSSR count). The molecule has 0 amide bonds. The average molecular weight is 413 g/mol. The highest BCUT2D eigenvalue weighted by Gasteiger charge is 2.57. The molecule has 2 atom stereocenters. The molecule has 1 saturated carbocycles. The number of likely N-dealkylation sites (tertiary alicyclic amines) is 1. The molecule has 1 aromatic carbocycles. The van der Waals surface area contributed by atoms with E-state index in [1.54, 1.807) is 22.5 Å². The Morgan fingerprint density at radius 3 is 2.56 bits per heavy atom. The summed E-state index contributed by atoms with van der Waals surface area (Å²) in [5.74, 6) is 1.46. The van der Waals surface area contributed by atoms with E-state index in [9.17, 15) is 8.42 Å². The Balaban J connectivity index is 1.15. The zero-order chi connectivity index (χ0) is 18.9. The van der Waals surface area contributed by atoms with Crippen LogP contribution in [0, 0.1) is 17.8 Å². The number of benzene rings is 1. The van der Waals surface area contributed by atoms with E-state index in [1.807, 2.05) is 0 Å². The third-order valence-corrected chi connectivity index (χ3v) is 8.36. The predicted molar refractivity (Wildman–Crippen MR) is 106 cm³/mol. The molecule has 27 heavy (non-hydrogen) atoms. The van der Waals surface area contributed by atoms with E-state index in [0.29, 0.717) is 40.8 Å². The number of piperidine rings is 1. The number of nitrogens with zero attached hydrogens (tertiary/aromatic N) is 2. The summed E-state index contributed by atoms with van der Waals surface area (Å²) in [6, 6.07) is 6.53. The molecule has 2 aliphatic heterocycles. The fourth-order valence-corrected chi connectivity index (χ4v) is 6.41. The van der Waals surface area contributed by atoms with Gasteiger partial charge in [-0.3, -0.25) is 0 Å². The SMILES string of the molecule is O=S(=O)(c1cccc(Cl)c1)N1CC2C(COCCCCN3CCCC3)C2C1. The van der Waals surface area contributed by atoms with Gasteiger partial charge in [-0.2, -0.15) is 4.31 Å². The average Bonchev–Trinajstić information content (AvgIpc) is 3.04. The maximum Gasteiger partial charge on any atom is 0.243 e. The maximum absolute atomic E-state index is 12.7. The Bertz CT molecular complexity index is 739. The van der Waals surface area contributed by atoms with Gasteiger partial charge < -0.3 is 9.64 Å². The normalized spacial score (nSPS) is 28.6. The first-order chi connectivity index (χ1) is 13.1. The monoisotopic (exact) mass is 412 g/mol. The quantitative estimate of drug-likeness (QED) is 0.585. The zero-order valence-electron chi connectivity index (χ0n) is 15.7. The lowest BCUT2D eigenvalue weighted by Crippen LogP contribution is -2.32. The van der Waals surface area contributed by atoms with E-state index < -0.39 is 10.0 Å². The largest absolute Gasteiger partial charge is 0.381 e. The van der Waals surface area contributed by atoms with Crippen LogP contribution in [0.3, 0.4) is 0 Å². The third kappa shape index (κ3) is 4.51. The van der Waals surface area contributed by atoms with Crippen molar-refractivity contribution >= 4 is 21.6 Å². The van der Waals surface area contributed by atoms with Gasteiger partial charge in [0.2, 0.25) is 10.0 Å². The fraction of sp³-hybridized carbons (Fsp3) is 0.700. The van der Waals surface area contributed by atoms with E-state index in [1.165, 1.54) is 45.0 Å². The van der Waals surface area contributed by atoms with Gasteiger partial charge in [0.1, 0.15) is 0 Å². The van der Waals surface area contributed by atoms with Gasteiger partial charge >= 0.3 is 0 Å². The van der Waals surface area contributed by atoms with Crippen molar-refractivity contribution in [2.75, 3.05) is 45.9 Å². The molecule has 7 heteroatoms. The van der Waals surface area contributed by atoms with Crippen LogP contribution in [0.5, 0.6) is 0 Å². The van der Waals surface area contributed by atoms with E-state index in [-0.39, 0.29) is 0 Å². The van der Waals surface area contributed by atoms with Crippen LogP contribution in [0.2, 0.25) is 5.02 Å². The van der Waals surface area contributed by atoms with Crippen molar-refractivity contribution in [2.24, 2.45) is 17.8 Å². The summed E-state index contributed by atoms with van der Waals surface area (Å²) in [4.78, 5) is 2.84. The van der Waals surface area contributed by atoms with Crippen molar-refractivity contribution in [1.82, 2.24) is 9.21 Å². The van der Waals surface area contributed by atoms with E-state index >= 15 is 0 Å². The molecule has 0 radical (unpaired) electrons. The first kappa shape index (κ1) is 19.6. The summed E-state index contributed by atoms with van der Waals surface area (Å²) in [6.07, 6.45) is 5.03. The van der Waals surface area contributed by atoms with Crippen LogP contribution in [0.1, 0.15) is 25.7 Å². The number of ether oxygens (including phenoxy) is 1. The molecule has 0 spiro atoms. The van der Waals surface area contributed by atoms with Crippen molar-refractivity contribution in [1.29, 1.82) is 0 Å². The lowest BCUT2D eigenvalue weighted by molar-refractivity contribution is 0.109. The molecule has 2 unspecified atom stereocenters. The second kappa shape index (κ2) is 8.37. The van der Waals surface area contributed by atoms with Gasteiger partial charge in [-0.05, 0) is 81.3 Å². The van der Waals surface area contributed by atoms with Crippen LogP contribution in [0.15, 0.2) is 29.2 Å². The van der Waals surface area contributed by atoms with Gasteiger partial charge in [-0.1, -0.05) is 17.7 Å². The second-order valence-electron chi connectivity index (χ2n) is 8.10. The topological polar surface area (TPSA) is 49.9 Å². The molecular weight excluding hydrogens is 384 g/mol. The molecule has 150 valence electrons. The van der Waals surface area contributed by atoms with E-state index in [2.05, 4.69) is 4.90 Å². The minimum absolute atomic E-state index is 0.294. The molecule has 3 aliphatic rings. The maximum atomic E-state index is 12.7. The Hall–Kier alpha value is -0.660. The number of sulfonamides is 1. The van der Waals surface area contributed by atoms with E-state index in [4.69, 9.17) is 16.3 Å². The summed E-state index contributed by atoms with van der Waals surface area (Å²) in [5, 5.41) is 0.455. The van der Waals surface area contributed by atoms with Crippen molar-refractivity contribution in [3.63, 3.8) is 0 Å². The van der Waals surface area contributed by atoms with E-state index in [0.717, 1.165) is 19.6 Å². The van der Waals surface area contributed by atoms with Crippen molar-refractivity contribution < 1.29 is 13.2 Å². The lowest BCUT2D eigenvalue weighted by atomic mass is 10.3. The van der Waals surface area contributed by atoms with Gasteiger partial charge in [0.25, 0.3) is 0 Å². The number of unbranched alkanes of at least 4 members (excludes halogenated alkanes) is 1. The highest BCUT2D eigenvalue weighted by Crippen LogP contribution is 2.52. The van der Waals surface area contributed by atoms with Crippen molar-refractivity contribution in [3.8, 4) is 0 Å².